The van der Waals surface area contributed by atoms with Crippen LogP contribution in [0.1, 0.15) is 29.2 Å². The van der Waals surface area contributed by atoms with Crippen molar-refractivity contribution in [3.8, 4) is 23.3 Å². The first-order chi connectivity index (χ1) is 20.2. The minimum Gasteiger partial charge on any atom is -0.490 e. The molecule has 0 saturated heterocycles. The Morgan fingerprint density at radius 3 is 2.36 bits per heavy atom. The molecule has 4 rings (SSSR count). The van der Waals surface area contributed by atoms with E-state index in [0.29, 0.717) is 51.8 Å². The predicted molar refractivity (Wildman–Crippen MR) is 175 cm³/mol. The van der Waals surface area contributed by atoms with Gasteiger partial charge in [0.05, 0.1) is 10.2 Å². The maximum atomic E-state index is 12.9. The molecule has 0 atom stereocenters. The zero-order valence-corrected chi connectivity index (χ0v) is 26.6. The molecule has 0 radical (unpaired) electrons. The monoisotopic (exact) mass is 712 g/mol. The highest BCUT2D eigenvalue weighted by molar-refractivity contribution is 14.1. The molecule has 9 heteroatoms. The number of halogens is 3. The average molecular weight is 713 g/mol. The summed E-state index contributed by atoms with van der Waals surface area (Å²) < 4.78 is 18.5. The number of anilines is 1. The van der Waals surface area contributed by atoms with E-state index < -0.39 is 5.91 Å². The fraction of sp³-hybridized carbons (Fsp3) is 0.152. The second kappa shape index (κ2) is 15.0. The highest BCUT2D eigenvalue weighted by atomic mass is 127. The van der Waals surface area contributed by atoms with Crippen LogP contribution in [0.5, 0.6) is 17.2 Å². The number of carbonyl (C=O) groups excluding carboxylic acids is 1. The Morgan fingerprint density at radius 2 is 1.69 bits per heavy atom. The first-order valence-electron chi connectivity index (χ1n) is 13.0. The van der Waals surface area contributed by atoms with Crippen molar-refractivity contribution < 1.29 is 19.0 Å². The second-order valence-corrected chi connectivity index (χ2v) is 11.2. The quantitative estimate of drug-likeness (QED) is 0.0954. The van der Waals surface area contributed by atoms with Crippen LogP contribution < -0.4 is 19.5 Å². The Balaban J connectivity index is 1.43. The summed E-state index contributed by atoms with van der Waals surface area (Å²) in [5.41, 5.74) is 4.12. The maximum Gasteiger partial charge on any atom is 0.266 e. The molecular formula is C33H27Cl2IN2O4. The molecule has 1 N–H and O–H groups in total. The fourth-order valence-electron chi connectivity index (χ4n) is 3.86. The summed E-state index contributed by atoms with van der Waals surface area (Å²) >= 11 is 14.3. The molecule has 0 unspecified atom stereocenters. The van der Waals surface area contributed by atoms with Crippen LogP contribution in [-0.4, -0.2) is 12.5 Å². The standard InChI is InChI=1S/C33H27Cl2IN2O4/c1-3-40-31-16-23(15-30(36)32(31)42-19-22-6-4-21(2)5-7-22)14-25(18-37)33(39)38-27-10-12-28(13-11-27)41-20-24-8-9-26(34)17-29(24)35/h4-17H,3,19-20H2,1-2H3,(H,38,39)/b25-14+. The third-order valence-corrected chi connectivity index (χ3v) is 7.42. The van der Waals surface area contributed by atoms with Gasteiger partial charge in [0, 0.05) is 21.3 Å². The van der Waals surface area contributed by atoms with Crippen molar-refractivity contribution in [3.05, 3.63) is 120 Å². The molecule has 6 nitrogen and oxygen atoms in total. The number of ether oxygens (including phenoxy) is 3. The third-order valence-electron chi connectivity index (χ3n) is 6.03. The molecule has 0 aliphatic rings. The maximum absolute atomic E-state index is 12.9. The summed E-state index contributed by atoms with van der Waals surface area (Å²) in [6.07, 6.45) is 1.52. The first-order valence-corrected chi connectivity index (χ1v) is 14.8. The molecule has 42 heavy (non-hydrogen) atoms. The summed E-state index contributed by atoms with van der Waals surface area (Å²) in [4.78, 5) is 12.9. The van der Waals surface area contributed by atoms with Gasteiger partial charge in [-0.1, -0.05) is 59.1 Å². The minimum atomic E-state index is -0.535. The smallest absolute Gasteiger partial charge is 0.266 e. The molecular weight excluding hydrogens is 686 g/mol. The van der Waals surface area contributed by atoms with Gasteiger partial charge in [-0.15, -0.1) is 0 Å². The number of amides is 1. The molecule has 4 aromatic rings. The number of carbonyl (C=O) groups is 1. The van der Waals surface area contributed by atoms with Crippen LogP contribution in [0.4, 0.5) is 5.69 Å². The van der Waals surface area contributed by atoms with Gasteiger partial charge in [0.1, 0.15) is 30.6 Å². The lowest BCUT2D eigenvalue weighted by Crippen LogP contribution is -2.13. The highest BCUT2D eigenvalue weighted by Crippen LogP contribution is 2.35. The summed E-state index contributed by atoms with van der Waals surface area (Å²) in [6, 6.07) is 25.8. The largest absolute Gasteiger partial charge is 0.490 e. The molecule has 0 aliphatic carbocycles. The van der Waals surface area contributed by atoms with Gasteiger partial charge in [-0.05, 0) is 102 Å². The molecule has 0 aromatic heterocycles. The zero-order chi connectivity index (χ0) is 30.1. The Bertz CT molecular complexity index is 1630. The van der Waals surface area contributed by atoms with Gasteiger partial charge in [-0.3, -0.25) is 4.79 Å². The van der Waals surface area contributed by atoms with Gasteiger partial charge in [0.25, 0.3) is 5.91 Å². The molecule has 0 heterocycles. The van der Waals surface area contributed by atoms with Crippen LogP contribution in [0.2, 0.25) is 10.0 Å². The fourth-order valence-corrected chi connectivity index (χ4v) is 5.11. The lowest BCUT2D eigenvalue weighted by atomic mass is 10.1. The molecule has 0 aliphatic heterocycles. The lowest BCUT2D eigenvalue weighted by Gasteiger charge is -2.15. The van der Waals surface area contributed by atoms with Crippen molar-refractivity contribution in [2.24, 2.45) is 0 Å². The van der Waals surface area contributed by atoms with Crippen molar-refractivity contribution in [3.63, 3.8) is 0 Å². The number of hydrogen-bond acceptors (Lipinski definition) is 5. The number of rotatable bonds is 11. The van der Waals surface area contributed by atoms with E-state index in [9.17, 15) is 10.1 Å². The van der Waals surface area contributed by atoms with Crippen LogP contribution in [0.25, 0.3) is 6.08 Å². The number of benzene rings is 4. The number of hydrogen-bond donors (Lipinski definition) is 1. The van der Waals surface area contributed by atoms with E-state index in [4.69, 9.17) is 37.4 Å². The summed E-state index contributed by atoms with van der Waals surface area (Å²) in [7, 11) is 0. The molecule has 1 amide bonds. The van der Waals surface area contributed by atoms with E-state index in [1.54, 1.807) is 48.5 Å². The first kappa shape index (κ1) is 31.2. The van der Waals surface area contributed by atoms with Crippen LogP contribution in [-0.2, 0) is 18.0 Å². The Hall–Kier alpha value is -3.71. The predicted octanol–water partition coefficient (Wildman–Crippen LogP) is 9.01. The van der Waals surface area contributed by atoms with Crippen LogP contribution in [0, 0.1) is 21.8 Å². The molecule has 0 saturated carbocycles. The van der Waals surface area contributed by atoms with Crippen molar-refractivity contribution in [2.75, 3.05) is 11.9 Å². The topological polar surface area (TPSA) is 80.6 Å². The number of nitrogens with zero attached hydrogens (tertiary/aromatic N) is 1. The summed E-state index contributed by atoms with van der Waals surface area (Å²) in [5.74, 6) is 1.21. The highest BCUT2D eigenvalue weighted by Gasteiger charge is 2.15. The van der Waals surface area contributed by atoms with E-state index in [-0.39, 0.29) is 12.2 Å². The molecule has 0 fully saturated rings. The molecule has 0 spiro atoms. The minimum absolute atomic E-state index is 0.0562. The zero-order valence-electron chi connectivity index (χ0n) is 22.9. The van der Waals surface area contributed by atoms with Crippen LogP contribution >= 0.6 is 45.8 Å². The number of nitrogens with one attached hydrogen (secondary N) is 1. The van der Waals surface area contributed by atoms with Gasteiger partial charge in [0.15, 0.2) is 11.5 Å². The van der Waals surface area contributed by atoms with Crippen molar-refractivity contribution in [1.29, 1.82) is 5.26 Å². The van der Waals surface area contributed by atoms with E-state index in [1.807, 2.05) is 50.2 Å². The van der Waals surface area contributed by atoms with E-state index >= 15 is 0 Å². The number of aryl methyl sites for hydroxylation is 1. The molecule has 4 aromatic carbocycles. The summed E-state index contributed by atoms with van der Waals surface area (Å²) in [6.45, 7) is 5.01. The van der Waals surface area contributed by atoms with Gasteiger partial charge < -0.3 is 19.5 Å². The lowest BCUT2D eigenvalue weighted by molar-refractivity contribution is -0.112. The van der Waals surface area contributed by atoms with Crippen molar-refractivity contribution in [1.82, 2.24) is 0 Å². The van der Waals surface area contributed by atoms with E-state index in [2.05, 4.69) is 27.9 Å². The average Bonchev–Trinajstić information content (AvgIpc) is 2.97. The van der Waals surface area contributed by atoms with E-state index in [0.717, 1.165) is 14.7 Å². The van der Waals surface area contributed by atoms with Gasteiger partial charge in [0.2, 0.25) is 0 Å². The van der Waals surface area contributed by atoms with Gasteiger partial charge >= 0.3 is 0 Å². The van der Waals surface area contributed by atoms with Crippen molar-refractivity contribution >= 4 is 63.5 Å². The second-order valence-electron chi connectivity index (χ2n) is 9.21. The Kier molecular flexibility index (Phi) is 11.1. The Labute approximate surface area is 269 Å². The summed E-state index contributed by atoms with van der Waals surface area (Å²) in [5, 5.41) is 13.6. The van der Waals surface area contributed by atoms with Gasteiger partial charge in [-0.25, -0.2) is 0 Å². The van der Waals surface area contributed by atoms with Crippen LogP contribution in [0.15, 0.2) is 84.4 Å². The number of nitriles is 1. The molecule has 214 valence electrons. The Morgan fingerprint density at radius 1 is 0.952 bits per heavy atom. The van der Waals surface area contributed by atoms with E-state index in [1.165, 1.54) is 11.6 Å². The molecule has 0 bridgehead atoms. The SMILES string of the molecule is CCOc1cc(/C=C(\C#N)C(=O)Nc2ccc(OCc3ccc(Cl)cc3Cl)cc2)cc(I)c1OCc1ccc(C)cc1. The third kappa shape index (κ3) is 8.65. The van der Waals surface area contributed by atoms with Gasteiger partial charge in [-0.2, -0.15) is 5.26 Å². The van der Waals surface area contributed by atoms with Crippen molar-refractivity contribution in [2.45, 2.75) is 27.1 Å². The van der Waals surface area contributed by atoms with Crippen LogP contribution in [0.3, 0.4) is 0 Å². The normalized spacial score (nSPS) is 11.0.